The molecule has 0 bridgehead atoms. The third-order valence-corrected chi connectivity index (χ3v) is 13.1. The van der Waals surface area contributed by atoms with Crippen LogP contribution in [0.2, 0.25) is 17.3 Å². The zero-order valence-corrected chi connectivity index (χ0v) is 32.4. The molecule has 6 aromatic carbocycles. The number of pyridine rings is 2. The van der Waals surface area contributed by atoms with Crippen molar-refractivity contribution in [1.82, 2.24) is 9.97 Å². The summed E-state index contributed by atoms with van der Waals surface area (Å²) in [6.07, 6.45) is 3.84. The third kappa shape index (κ3) is 7.01. The van der Waals surface area contributed by atoms with Crippen LogP contribution >= 0.6 is 0 Å². The zero-order chi connectivity index (χ0) is 33.5. The smallest absolute Gasteiger partial charge is 0 e. The van der Waals surface area contributed by atoms with Gasteiger partial charge in [-0.3, -0.25) is 0 Å². The van der Waals surface area contributed by atoms with Gasteiger partial charge in [0.15, 0.2) is 0 Å². The molecule has 0 N–H and O–H groups in total. The second kappa shape index (κ2) is 14.1. The van der Waals surface area contributed by atoms with E-state index in [1.807, 2.05) is 32.0 Å². The van der Waals surface area contributed by atoms with Crippen LogP contribution in [-0.4, -0.2) is 23.2 Å². The van der Waals surface area contributed by atoms with Crippen LogP contribution in [0.1, 0.15) is 26.7 Å². The van der Waals surface area contributed by atoms with Gasteiger partial charge >= 0.3 is 146 Å². The van der Waals surface area contributed by atoms with E-state index in [0.717, 1.165) is 28.1 Å². The van der Waals surface area contributed by atoms with Crippen molar-refractivity contribution in [2.45, 2.75) is 37.0 Å². The van der Waals surface area contributed by atoms with Gasteiger partial charge in [0.1, 0.15) is 0 Å². The van der Waals surface area contributed by atoms with E-state index < -0.39 is 19.2 Å². The Morgan fingerprint density at radius 3 is 1.65 bits per heavy atom. The number of hydrogen-bond acceptors (Lipinski definition) is 2. The molecule has 2 heterocycles. The first-order valence-corrected chi connectivity index (χ1v) is 23.5. The van der Waals surface area contributed by atoms with Crippen LogP contribution in [0.15, 0.2) is 134 Å². The van der Waals surface area contributed by atoms with Gasteiger partial charge in [-0.05, 0) is 23.0 Å². The summed E-state index contributed by atoms with van der Waals surface area (Å²) in [5.74, 6) is 6.54. The molecule has 0 spiro atoms. The normalized spacial score (nSPS) is 12.0. The first-order chi connectivity index (χ1) is 23.0. The molecule has 8 aromatic rings. The van der Waals surface area contributed by atoms with Crippen molar-refractivity contribution in [3.63, 3.8) is 0 Å². The van der Waals surface area contributed by atoms with Gasteiger partial charge in [-0.2, -0.15) is 0 Å². The van der Waals surface area contributed by atoms with E-state index in [9.17, 15) is 0 Å². The summed E-state index contributed by atoms with van der Waals surface area (Å²) in [5, 5.41) is 9.90. The minimum atomic E-state index is -1.80. The standard InChI is InChI=1S/C22H20GeN.C22H18N.Ir/c1-23(2,3)19-11-13-22(24-15-19)18-10-12-21-17(14-18)9-8-16-6-4-5-7-20(16)21;1-15(2)17-11-12-23-22(14-17)19-9-10-21-18(13-19)8-7-16-5-3-4-6-20(16)21;/h4-9,11-15H,1-3H3;3-8,10-15H,1-2H3;/q2*-1;/i;15D;. The van der Waals surface area contributed by atoms with Crippen LogP contribution in [0.3, 0.4) is 0 Å². The molecule has 0 saturated heterocycles. The fourth-order valence-corrected chi connectivity index (χ4v) is 8.25. The number of fused-ring (bicyclic) bond motifs is 6. The van der Waals surface area contributed by atoms with Crippen molar-refractivity contribution < 1.29 is 21.5 Å². The molecule has 0 aliphatic rings. The van der Waals surface area contributed by atoms with Gasteiger partial charge in [-0.1, -0.05) is 72.6 Å². The predicted molar refractivity (Wildman–Crippen MR) is 204 cm³/mol. The molecule has 1 radical (unpaired) electrons. The Morgan fingerprint density at radius 1 is 0.583 bits per heavy atom. The molecule has 2 nitrogen and oxygen atoms in total. The minimum Gasteiger partial charge on any atom is 0 e. The maximum Gasteiger partial charge on any atom is 0 e. The van der Waals surface area contributed by atoms with Crippen molar-refractivity contribution in [3.8, 4) is 22.5 Å². The molecular formula is C44H38GeIrN2-2. The second-order valence-corrected chi connectivity index (χ2v) is 24.0. The van der Waals surface area contributed by atoms with Crippen LogP contribution in [0.5, 0.6) is 0 Å². The molecule has 0 saturated carbocycles. The average Bonchev–Trinajstić information content (AvgIpc) is 3.10. The maximum absolute atomic E-state index is 8.22. The largest absolute Gasteiger partial charge is 0 e. The van der Waals surface area contributed by atoms with Gasteiger partial charge in [0, 0.05) is 27.7 Å². The molecule has 8 rings (SSSR count). The summed E-state index contributed by atoms with van der Waals surface area (Å²) in [5.41, 5.74) is 4.84. The molecule has 239 valence electrons. The van der Waals surface area contributed by atoms with Crippen molar-refractivity contribution in [3.05, 3.63) is 151 Å². The van der Waals surface area contributed by atoms with Crippen molar-refractivity contribution in [2.75, 3.05) is 0 Å². The Balaban J connectivity index is 0.000000167. The minimum absolute atomic E-state index is 0. The van der Waals surface area contributed by atoms with Gasteiger partial charge in [0.25, 0.3) is 0 Å². The average molecular weight is 861 g/mol. The zero-order valence-electron chi connectivity index (χ0n) is 28.9. The summed E-state index contributed by atoms with van der Waals surface area (Å²) in [6.45, 7) is 3.78. The summed E-state index contributed by atoms with van der Waals surface area (Å²) in [7, 11) is 0. The van der Waals surface area contributed by atoms with Crippen LogP contribution in [0.25, 0.3) is 65.6 Å². The molecule has 0 unspecified atom stereocenters. The molecule has 0 atom stereocenters. The van der Waals surface area contributed by atoms with E-state index in [0.29, 0.717) is 0 Å². The van der Waals surface area contributed by atoms with Crippen LogP contribution in [0.4, 0.5) is 0 Å². The number of rotatable bonds is 4. The van der Waals surface area contributed by atoms with Gasteiger partial charge < -0.3 is 4.98 Å². The summed E-state index contributed by atoms with van der Waals surface area (Å²) in [6, 6.07) is 49.1. The Morgan fingerprint density at radius 2 is 1.12 bits per heavy atom. The third-order valence-electron chi connectivity index (χ3n) is 8.87. The molecule has 4 heteroatoms. The van der Waals surface area contributed by atoms with Crippen molar-refractivity contribution in [1.29, 1.82) is 0 Å². The van der Waals surface area contributed by atoms with E-state index in [2.05, 4.69) is 144 Å². The Hall–Kier alpha value is -4.15. The van der Waals surface area contributed by atoms with Crippen LogP contribution in [0, 0.1) is 12.1 Å². The van der Waals surface area contributed by atoms with E-state index in [4.69, 9.17) is 6.35 Å². The molecule has 0 aliphatic heterocycles. The fraction of sp³-hybridized carbons (Fsp3) is 0.136. The summed E-state index contributed by atoms with van der Waals surface area (Å²) < 4.78 is 9.65. The number of aromatic nitrogens is 2. The Labute approximate surface area is 301 Å². The predicted octanol–water partition coefficient (Wildman–Crippen LogP) is 11.4. The molecule has 0 amide bonds. The first-order valence-electron chi connectivity index (χ1n) is 16.6. The Kier molecular flexibility index (Phi) is 9.55. The number of hydrogen-bond donors (Lipinski definition) is 0. The first kappa shape index (κ1) is 32.4. The number of benzene rings is 6. The monoisotopic (exact) mass is 862 g/mol. The quantitative estimate of drug-likeness (QED) is 0.100. The van der Waals surface area contributed by atoms with E-state index >= 15 is 0 Å². The summed E-state index contributed by atoms with van der Waals surface area (Å²) in [4.78, 5) is 9.18. The summed E-state index contributed by atoms with van der Waals surface area (Å²) >= 11 is -1.80. The maximum atomic E-state index is 8.22. The van der Waals surface area contributed by atoms with Gasteiger partial charge in [0.2, 0.25) is 0 Å². The van der Waals surface area contributed by atoms with E-state index in [1.54, 1.807) is 6.20 Å². The number of nitrogens with zero attached hydrogens (tertiary/aromatic N) is 2. The molecule has 0 aliphatic carbocycles. The van der Waals surface area contributed by atoms with Gasteiger partial charge in [-0.25, -0.2) is 0 Å². The molecular weight excluding hydrogens is 821 g/mol. The molecule has 2 aromatic heterocycles. The van der Waals surface area contributed by atoms with Crippen molar-refractivity contribution in [2.24, 2.45) is 0 Å². The van der Waals surface area contributed by atoms with Crippen molar-refractivity contribution >= 4 is 60.8 Å². The van der Waals surface area contributed by atoms with Gasteiger partial charge in [-0.15, -0.1) is 29.1 Å². The van der Waals surface area contributed by atoms with Crippen LogP contribution < -0.4 is 4.40 Å². The van der Waals surface area contributed by atoms with E-state index in [1.165, 1.54) is 47.5 Å². The second-order valence-electron chi connectivity index (χ2n) is 13.4. The van der Waals surface area contributed by atoms with Crippen LogP contribution in [-0.2, 0) is 20.1 Å². The molecule has 0 fully saturated rings. The SMILES string of the molecule is [2H]C(C)(C)c1ccnc(-c2[c-]cc3c(ccc4ccccc43)c2)c1.[CH3][Ge]([CH3])([CH3])[c]1ccc(-c2[c-]cc3c(ccc4ccccc43)c2)nc1.[Ir]. The molecule has 48 heavy (non-hydrogen) atoms. The van der Waals surface area contributed by atoms with Gasteiger partial charge in [0.05, 0.1) is 0 Å². The topological polar surface area (TPSA) is 25.8 Å². The van der Waals surface area contributed by atoms with E-state index in [-0.39, 0.29) is 20.1 Å². The Bertz CT molecular complexity index is 2430. The fourth-order valence-electron chi connectivity index (χ4n) is 6.07.